The van der Waals surface area contributed by atoms with E-state index < -0.39 is 0 Å². The van der Waals surface area contributed by atoms with Gasteiger partial charge in [0.05, 0.1) is 11.5 Å². The Balaban J connectivity index is 1.33. The summed E-state index contributed by atoms with van der Waals surface area (Å²) in [5.41, 5.74) is -0.0363. The van der Waals surface area contributed by atoms with E-state index in [2.05, 4.69) is 20.8 Å². The third-order valence-electron chi connectivity index (χ3n) is 9.15. The van der Waals surface area contributed by atoms with Gasteiger partial charge in [-0.25, -0.2) is 0 Å². The Hall–Kier alpha value is -0.570. The number of carbonyl (C=O) groups excluding carboxylic acids is 1. The van der Waals surface area contributed by atoms with Crippen LogP contribution in [0.4, 0.5) is 0 Å². The van der Waals surface area contributed by atoms with E-state index in [0.717, 1.165) is 55.3 Å². The smallest absolute Gasteiger partial charge is 0.311 e. The molecule has 27 heavy (non-hydrogen) atoms. The molecule has 4 rings (SSSR count). The second-order valence-electron chi connectivity index (χ2n) is 10.1. The Morgan fingerprint density at radius 1 is 0.926 bits per heavy atom. The standard InChI is InChI=1S/C24H40O3/c1-4-16-12-17(5-2)22-19-13-18(21(16)22)14-20(19)23(25)26-15-27-24(6-3)10-8-7-9-11-24/h16-22H,4-15H2,1-3H3. The van der Waals surface area contributed by atoms with Crippen LogP contribution in [0, 0.1) is 41.4 Å². The van der Waals surface area contributed by atoms with Crippen LogP contribution in [0.1, 0.15) is 91.4 Å². The number of esters is 1. The summed E-state index contributed by atoms with van der Waals surface area (Å²) in [6, 6.07) is 0. The largest absolute Gasteiger partial charge is 0.438 e. The lowest BCUT2D eigenvalue weighted by Gasteiger charge is -2.37. The SMILES string of the molecule is CCC1CC(CC)C2C3CC(CC3C(=O)OCOC3(CC)CCCCC3)C12. The monoisotopic (exact) mass is 376 g/mol. The molecule has 7 atom stereocenters. The molecule has 4 fully saturated rings. The molecular weight excluding hydrogens is 336 g/mol. The summed E-state index contributed by atoms with van der Waals surface area (Å²) in [6.07, 6.45) is 13.4. The predicted molar refractivity (Wildman–Crippen MR) is 107 cm³/mol. The minimum atomic E-state index is -0.0363. The fraction of sp³-hybridized carbons (Fsp3) is 0.958. The van der Waals surface area contributed by atoms with Crippen molar-refractivity contribution in [2.45, 2.75) is 97.0 Å². The third-order valence-corrected chi connectivity index (χ3v) is 9.15. The van der Waals surface area contributed by atoms with Crippen LogP contribution >= 0.6 is 0 Å². The van der Waals surface area contributed by atoms with E-state index in [1.165, 1.54) is 44.9 Å². The summed E-state index contributed by atoms with van der Waals surface area (Å²) in [6.45, 7) is 7.09. The first-order valence-electron chi connectivity index (χ1n) is 11.9. The predicted octanol–water partition coefficient (Wildman–Crippen LogP) is 5.96. The minimum absolute atomic E-state index is 0.0363. The molecule has 0 amide bonds. The molecule has 0 aromatic carbocycles. The van der Waals surface area contributed by atoms with Crippen molar-refractivity contribution in [1.82, 2.24) is 0 Å². The highest BCUT2D eigenvalue weighted by atomic mass is 16.7. The van der Waals surface area contributed by atoms with E-state index in [4.69, 9.17) is 9.47 Å². The summed E-state index contributed by atoms with van der Waals surface area (Å²) >= 11 is 0. The molecule has 0 aromatic rings. The number of hydrogen-bond acceptors (Lipinski definition) is 3. The fourth-order valence-corrected chi connectivity index (χ4v) is 7.78. The molecule has 4 saturated carbocycles. The summed E-state index contributed by atoms with van der Waals surface area (Å²) < 4.78 is 11.9. The zero-order chi connectivity index (χ0) is 19.0. The topological polar surface area (TPSA) is 35.5 Å². The number of hydrogen-bond donors (Lipinski definition) is 0. The lowest BCUT2D eigenvalue weighted by Crippen LogP contribution is -2.37. The summed E-state index contributed by atoms with van der Waals surface area (Å²) in [4.78, 5) is 12.9. The van der Waals surface area contributed by atoms with Crippen molar-refractivity contribution in [2.75, 3.05) is 6.79 Å². The van der Waals surface area contributed by atoms with Gasteiger partial charge in [0.2, 0.25) is 0 Å². The normalized spacial score (nSPS) is 42.3. The van der Waals surface area contributed by atoms with Gasteiger partial charge in [-0.05, 0) is 74.0 Å². The molecule has 7 unspecified atom stereocenters. The molecule has 0 N–H and O–H groups in total. The van der Waals surface area contributed by atoms with E-state index in [-0.39, 0.29) is 24.3 Å². The van der Waals surface area contributed by atoms with E-state index >= 15 is 0 Å². The van der Waals surface area contributed by atoms with Gasteiger partial charge in [-0.2, -0.15) is 0 Å². The van der Waals surface area contributed by atoms with E-state index in [0.29, 0.717) is 5.92 Å². The molecule has 0 radical (unpaired) electrons. The van der Waals surface area contributed by atoms with E-state index in [1.807, 2.05) is 0 Å². The number of carbonyl (C=O) groups is 1. The van der Waals surface area contributed by atoms with Crippen LogP contribution in [-0.2, 0) is 14.3 Å². The van der Waals surface area contributed by atoms with Crippen LogP contribution in [-0.4, -0.2) is 18.4 Å². The van der Waals surface area contributed by atoms with Crippen molar-refractivity contribution in [1.29, 1.82) is 0 Å². The van der Waals surface area contributed by atoms with Crippen molar-refractivity contribution in [3.8, 4) is 0 Å². The van der Waals surface area contributed by atoms with Gasteiger partial charge >= 0.3 is 5.97 Å². The highest BCUT2D eigenvalue weighted by Gasteiger charge is 2.61. The maximum absolute atomic E-state index is 12.9. The molecule has 0 saturated heterocycles. The Morgan fingerprint density at radius 2 is 1.63 bits per heavy atom. The van der Waals surface area contributed by atoms with E-state index in [1.54, 1.807) is 0 Å². The molecular formula is C24H40O3. The second kappa shape index (κ2) is 8.05. The van der Waals surface area contributed by atoms with Gasteiger partial charge in [0.25, 0.3) is 0 Å². The Kier molecular flexibility index (Phi) is 5.88. The van der Waals surface area contributed by atoms with Gasteiger partial charge in [0, 0.05) is 0 Å². The molecule has 154 valence electrons. The van der Waals surface area contributed by atoms with Gasteiger partial charge < -0.3 is 9.47 Å². The van der Waals surface area contributed by atoms with Gasteiger partial charge in [0.15, 0.2) is 6.79 Å². The second-order valence-corrected chi connectivity index (χ2v) is 10.1. The van der Waals surface area contributed by atoms with Crippen LogP contribution in [0.15, 0.2) is 0 Å². The minimum Gasteiger partial charge on any atom is -0.438 e. The number of rotatable bonds is 7. The summed E-state index contributed by atoms with van der Waals surface area (Å²) in [5.74, 6) is 4.99. The van der Waals surface area contributed by atoms with Crippen molar-refractivity contribution in [2.24, 2.45) is 41.4 Å². The van der Waals surface area contributed by atoms with Crippen LogP contribution in [0.5, 0.6) is 0 Å². The Morgan fingerprint density at radius 3 is 2.30 bits per heavy atom. The molecule has 3 nitrogen and oxygen atoms in total. The van der Waals surface area contributed by atoms with Crippen LogP contribution in [0.2, 0.25) is 0 Å². The lowest BCUT2D eigenvalue weighted by atomic mass is 9.70. The van der Waals surface area contributed by atoms with Gasteiger partial charge in [-0.15, -0.1) is 0 Å². The fourth-order valence-electron chi connectivity index (χ4n) is 7.78. The summed E-state index contributed by atoms with van der Waals surface area (Å²) in [5, 5.41) is 0. The van der Waals surface area contributed by atoms with Crippen molar-refractivity contribution in [3.63, 3.8) is 0 Å². The summed E-state index contributed by atoms with van der Waals surface area (Å²) in [7, 11) is 0. The van der Waals surface area contributed by atoms with Crippen molar-refractivity contribution >= 4 is 5.97 Å². The van der Waals surface area contributed by atoms with Gasteiger partial charge in [-0.1, -0.05) is 52.9 Å². The Bertz CT molecular complexity index is 524. The van der Waals surface area contributed by atoms with Gasteiger partial charge in [0.1, 0.15) is 0 Å². The van der Waals surface area contributed by atoms with Crippen LogP contribution in [0.25, 0.3) is 0 Å². The van der Waals surface area contributed by atoms with Crippen molar-refractivity contribution in [3.05, 3.63) is 0 Å². The first kappa shape index (κ1) is 19.7. The molecule has 0 heterocycles. The zero-order valence-electron chi connectivity index (χ0n) is 17.8. The molecule has 0 spiro atoms. The highest BCUT2D eigenvalue weighted by Crippen LogP contribution is 2.65. The average molecular weight is 377 g/mol. The molecule has 4 aliphatic rings. The van der Waals surface area contributed by atoms with Gasteiger partial charge in [-0.3, -0.25) is 4.79 Å². The van der Waals surface area contributed by atoms with Crippen molar-refractivity contribution < 1.29 is 14.3 Å². The molecule has 4 aliphatic carbocycles. The molecule has 2 bridgehead atoms. The average Bonchev–Trinajstić information content (AvgIpc) is 3.39. The first-order valence-corrected chi connectivity index (χ1v) is 11.9. The molecule has 3 heteroatoms. The highest BCUT2D eigenvalue weighted by molar-refractivity contribution is 5.73. The maximum atomic E-state index is 12.9. The van der Waals surface area contributed by atoms with Crippen LogP contribution in [0.3, 0.4) is 0 Å². The zero-order valence-corrected chi connectivity index (χ0v) is 17.8. The lowest BCUT2D eigenvalue weighted by molar-refractivity contribution is -0.185. The quantitative estimate of drug-likeness (QED) is 0.406. The molecule has 0 aromatic heterocycles. The maximum Gasteiger partial charge on any atom is 0.311 e. The van der Waals surface area contributed by atoms with Crippen LogP contribution < -0.4 is 0 Å². The number of ether oxygens (including phenoxy) is 2. The number of fused-ring (bicyclic) bond motifs is 5. The Labute approximate surface area is 165 Å². The first-order chi connectivity index (χ1) is 13.1. The molecule has 0 aliphatic heterocycles. The third kappa shape index (κ3) is 3.47. The van der Waals surface area contributed by atoms with E-state index in [9.17, 15) is 4.79 Å².